The number of aliphatic carboxylic acids is 1. The maximum Gasteiger partial charge on any atom is 0.303 e. The van der Waals surface area contributed by atoms with E-state index < -0.39 is 12.1 Å². The van der Waals surface area contributed by atoms with Crippen LogP contribution in [0.1, 0.15) is 19.8 Å². The summed E-state index contributed by atoms with van der Waals surface area (Å²) in [6, 6.07) is 7.57. The summed E-state index contributed by atoms with van der Waals surface area (Å²) in [5.74, 6) is -0.0751. The van der Waals surface area contributed by atoms with Crippen molar-refractivity contribution in [2.75, 3.05) is 25.1 Å². The lowest BCUT2D eigenvalue weighted by Gasteiger charge is -2.22. The van der Waals surface area contributed by atoms with Gasteiger partial charge < -0.3 is 19.8 Å². The number of hydrogen-bond donors (Lipinski definition) is 2. The molecular formula is C14H21NO4. The molecule has 0 aliphatic rings. The number of carbonyl (C=O) groups is 1. The van der Waals surface area contributed by atoms with Crippen LogP contribution < -0.4 is 9.64 Å². The van der Waals surface area contributed by atoms with Gasteiger partial charge in [-0.3, -0.25) is 4.79 Å². The number of aliphatic hydroxyl groups excluding tert-OH is 1. The van der Waals surface area contributed by atoms with Gasteiger partial charge in [0.25, 0.3) is 0 Å². The van der Waals surface area contributed by atoms with Crippen LogP contribution in [0.2, 0.25) is 0 Å². The van der Waals surface area contributed by atoms with Gasteiger partial charge in [-0.1, -0.05) is 0 Å². The number of nitrogens with zero attached hydrogens (tertiary/aromatic N) is 1. The Hall–Kier alpha value is -1.75. The van der Waals surface area contributed by atoms with Crippen molar-refractivity contribution in [3.8, 4) is 5.75 Å². The second kappa shape index (κ2) is 7.63. The van der Waals surface area contributed by atoms with Gasteiger partial charge in [-0.05, 0) is 37.6 Å². The van der Waals surface area contributed by atoms with Gasteiger partial charge >= 0.3 is 5.97 Å². The molecule has 1 atom stereocenters. The highest BCUT2D eigenvalue weighted by Crippen LogP contribution is 2.19. The largest absolute Gasteiger partial charge is 0.494 e. The van der Waals surface area contributed by atoms with Crippen LogP contribution in [0.4, 0.5) is 5.69 Å². The van der Waals surface area contributed by atoms with E-state index in [0.29, 0.717) is 13.2 Å². The zero-order chi connectivity index (χ0) is 14.3. The second-order valence-corrected chi connectivity index (χ2v) is 4.39. The molecular weight excluding hydrogens is 246 g/mol. The minimum Gasteiger partial charge on any atom is -0.494 e. The van der Waals surface area contributed by atoms with Crippen molar-refractivity contribution in [1.82, 2.24) is 0 Å². The molecule has 1 rings (SSSR count). The quantitative estimate of drug-likeness (QED) is 0.751. The lowest BCUT2D eigenvalue weighted by Crippen LogP contribution is -2.29. The zero-order valence-corrected chi connectivity index (χ0v) is 11.4. The highest BCUT2D eigenvalue weighted by molar-refractivity contribution is 5.66. The van der Waals surface area contributed by atoms with E-state index in [1.54, 1.807) is 0 Å². The van der Waals surface area contributed by atoms with Gasteiger partial charge in [0, 0.05) is 25.7 Å². The molecule has 0 heterocycles. The average molecular weight is 267 g/mol. The van der Waals surface area contributed by atoms with Gasteiger partial charge in [0.15, 0.2) is 0 Å². The molecule has 0 bridgehead atoms. The first-order valence-corrected chi connectivity index (χ1v) is 6.36. The normalized spacial score (nSPS) is 11.9. The van der Waals surface area contributed by atoms with Crippen LogP contribution in [-0.4, -0.2) is 42.5 Å². The SMILES string of the molecule is CCOc1ccc(N(C)CC(O)CCC(=O)O)cc1. The Labute approximate surface area is 113 Å². The van der Waals surface area contributed by atoms with Crippen molar-refractivity contribution in [2.45, 2.75) is 25.9 Å². The average Bonchev–Trinajstić information content (AvgIpc) is 2.37. The Bertz CT molecular complexity index is 391. The van der Waals surface area contributed by atoms with E-state index in [-0.39, 0.29) is 12.8 Å². The third kappa shape index (κ3) is 5.61. The Morgan fingerprint density at radius 2 is 2.00 bits per heavy atom. The molecule has 0 amide bonds. The summed E-state index contributed by atoms with van der Waals surface area (Å²) in [6.07, 6.45) is -0.401. The van der Waals surface area contributed by atoms with Crippen molar-refractivity contribution in [3.05, 3.63) is 24.3 Å². The molecule has 0 aliphatic heterocycles. The van der Waals surface area contributed by atoms with Crippen molar-refractivity contribution < 1.29 is 19.7 Å². The molecule has 1 unspecified atom stereocenters. The first-order chi connectivity index (χ1) is 9.02. The van der Waals surface area contributed by atoms with Crippen molar-refractivity contribution in [1.29, 1.82) is 0 Å². The Morgan fingerprint density at radius 1 is 1.37 bits per heavy atom. The van der Waals surface area contributed by atoms with Gasteiger partial charge in [-0.25, -0.2) is 0 Å². The fourth-order valence-electron chi connectivity index (χ4n) is 1.77. The number of hydrogen-bond acceptors (Lipinski definition) is 4. The molecule has 0 fully saturated rings. The third-order valence-corrected chi connectivity index (χ3v) is 2.76. The standard InChI is InChI=1S/C14H21NO4/c1-3-19-13-7-4-11(5-8-13)15(2)10-12(16)6-9-14(17)18/h4-5,7-8,12,16H,3,6,9-10H2,1-2H3,(H,17,18). The Morgan fingerprint density at radius 3 is 2.53 bits per heavy atom. The summed E-state index contributed by atoms with van der Waals surface area (Å²) in [6.45, 7) is 2.96. The van der Waals surface area contributed by atoms with E-state index in [0.717, 1.165) is 11.4 Å². The van der Waals surface area contributed by atoms with Crippen LogP contribution in [0.25, 0.3) is 0 Å². The monoisotopic (exact) mass is 267 g/mol. The van der Waals surface area contributed by atoms with Gasteiger partial charge in [-0.2, -0.15) is 0 Å². The topological polar surface area (TPSA) is 70.0 Å². The second-order valence-electron chi connectivity index (χ2n) is 4.39. The number of benzene rings is 1. The van der Waals surface area contributed by atoms with Crippen molar-refractivity contribution in [2.24, 2.45) is 0 Å². The Kier molecular flexibility index (Phi) is 6.15. The summed E-state index contributed by atoms with van der Waals surface area (Å²) in [5, 5.41) is 18.3. The molecule has 1 aromatic carbocycles. The molecule has 19 heavy (non-hydrogen) atoms. The number of aliphatic hydroxyl groups is 1. The minimum atomic E-state index is -0.886. The molecule has 106 valence electrons. The molecule has 2 N–H and O–H groups in total. The molecule has 1 aromatic rings. The van der Waals surface area contributed by atoms with Crippen LogP contribution in [0.5, 0.6) is 5.75 Å². The van der Waals surface area contributed by atoms with Gasteiger partial charge in [0.05, 0.1) is 12.7 Å². The molecule has 0 saturated heterocycles. The number of carboxylic acids is 1. The van der Waals surface area contributed by atoms with E-state index in [2.05, 4.69) is 0 Å². The number of ether oxygens (including phenoxy) is 1. The highest BCUT2D eigenvalue weighted by atomic mass is 16.5. The predicted octanol–water partition coefficient (Wildman–Crippen LogP) is 1.75. The molecule has 5 nitrogen and oxygen atoms in total. The van der Waals surface area contributed by atoms with E-state index in [1.807, 2.05) is 43.1 Å². The fourth-order valence-corrected chi connectivity index (χ4v) is 1.77. The van der Waals surface area contributed by atoms with E-state index >= 15 is 0 Å². The van der Waals surface area contributed by atoms with Gasteiger partial charge in [0.1, 0.15) is 5.75 Å². The van der Waals surface area contributed by atoms with E-state index in [1.165, 1.54) is 0 Å². The number of carboxylic acid groups (broad SMARTS) is 1. The van der Waals surface area contributed by atoms with Crippen molar-refractivity contribution >= 4 is 11.7 Å². The first-order valence-electron chi connectivity index (χ1n) is 6.36. The first kappa shape index (κ1) is 15.3. The summed E-state index contributed by atoms with van der Waals surface area (Å²) < 4.78 is 5.35. The molecule has 0 spiro atoms. The molecule has 5 heteroatoms. The summed E-state index contributed by atoms with van der Waals surface area (Å²) in [5.41, 5.74) is 0.956. The van der Waals surface area contributed by atoms with E-state index in [4.69, 9.17) is 9.84 Å². The highest BCUT2D eigenvalue weighted by Gasteiger charge is 2.10. The number of likely N-dealkylation sites (N-methyl/N-ethyl adjacent to an activating group) is 1. The maximum absolute atomic E-state index is 10.4. The van der Waals surface area contributed by atoms with Crippen LogP contribution in [0.3, 0.4) is 0 Å². The fraction of sp³-hybridized carbons (Fsp3) is 0.500. The van der Waals surface area contributed by atoms with Crippen LogP contribution >= 0.6 is 0 Å². The lowest BCUT2D eigenvalue weighted by atomic mass is 10.2. The maximum atomic E-state index is 10.4. The summed E-state index contributed by atoms with van der Waals surface area (Å²) >= 11 is 0. The summed E-state index contributed by atoms with van der Waals surface area (Å²) in [4.78, 5) is 12.3. The van der Waals surface area contributed by atoms with Crippen LogP contribution in [-0.2, 0) is 4.79 Å². The summed E-state index contributed by atoms with van der Waals surface area (Å²) in [7, 11) is 1.86. The van der Waals surface area contributed by atoms with Crippen LogP contribution in [0.15, 0.2) is 24.3 Å². The van der Waals surface area contributed by atoms with Gasteiger partial charge in [-0.15, -0.1) is 0 Å². The molecule has 0 radical (unpaired) electrons. The minimum absolute atomic E-state index is 0.0156. The van der Waals surface area contributed by atoms with E-state index in [9.17, 15) is 9.90 Å². The molecule has 0 aliphatic carbocycles. The third-order valence-electron chi connectivity index (χ3n) is 2.76. The lowest BCUT2D eigenvalue weighted by molar-refractivity contribution is -0.137. The zero-order valence-electron chi connectivity index (χ0n) is 11.4. The molecule has 0 saturated carbocycles. The smallest absolute Gasteiger partial charge is 0.303 e. The van der Waals surface area contributed by atoms with Crippen molar-refractivity contribution in [3.63, 3.8) is 0 Å². The predicted molar refractivity (Wildman–Crippen MR) is 73.8 cm³/mol. The number of anilines is 1. The Balaban J connectivity index is 2.47. The molecule has 0 aromatic heterocycles. The number of rotatable bonds is 8. The van der Waals surface area contributed by atoms with Crippen LogP contribution in [0, 0.1) is 0 Å². The van der Waals surface area contributed by atoms with Gasteiger partial charge in [0.2, 0.25) is 0 Å².